The van der Waals surface area contributed by atoms with Gasteiger partial charge in [0.25, 0.3) is 0 Å². The number of carboxylic acids is 1. The van der Waals surface area contributed by atoms with E-state index < -0.39 is 19.6 Å². The molecule has 0 aliphatic rings. The summed E-state index contributed by atoms with van der Waals surface area (Å²) >= 11 is 0. The minimum Gasteiger partial charge on any atom is -0.477 e. The van der Waals surface area contributed by atoms with Gasteiger partial charge in [0.2, 0.25) is 0 Å². The summed E-state index contributed by atoms with van der Waals surface area (Å²) < 4.78 is 25.0. The molecule has 0 atom stereocenters. The van der Waals surface area contributed by atoms with Gasteiger partial charge < -0.3 is 9.84 Å². The molecule has 1 rings (SSSR count). The highest BCUT2D eigenvalue weighted by atomic mass is 16.5. The highest BCUT2D eigenvalue weighted by Crippen LogP contribution is 2.09. The first-order valence-corrected chi connectivity index (χ1v) is 3.60. The topological polar surface area (TPSA) is 83.2 Å². The van der Waals surface area contributed by atoms with E-state index in [1.165, 1.54) is 6.07 Å². The lowest BCUT2D eigenvalue weighted by Crippen LogP contribution is -2.06. The van der Waals surface area contributed by atoms with Crippen LogP contribution in [0.15, 0.2) is 12.3 Å². The molecule has 0 saturated carbocycles. The van der Waals surface area contributed by atoms with E-state index in [0.717, 1.165) is 6.20 Å². The summed E-state index contributed by atoms with van der Waals surface area (Å²) in [7, 11) is -2.63. The van der Waals surface area contributed by atoms with E-state index >= 15 is 0 Å². The third-order valence-corrected chi connectivity index (χ3v) is 1.53. The smallest absolute Gasteiger partial charge is 0.354 e. The average molecular weight is 195 g/mol. The van der Waals surface area contributed by atoms with Crippen molar-refractivity contribution in [3.63, 3.8) is 0 Å². The third kappa shape index (κ3) is 2.06. The van der Waals surface area contributed by atoms with Crippen molar-refractivity contribution in [3.8, 4) is 6.07 Å². The number of methoxy groups -OCH3 is 1. The van der Waals surface area contributed by atoms with Crippen LogP contribution in [0.25, 0.3) is 0 Å². The summed E-state index contributed by atoms with van der Waals surface area (Å²) in [6, 6.07) is 3.02. The van der Waals surface area contributed by atoms with Crippen LogP contribution in [-0.2, 0) is 11.3 Å². The summed E-state index contributed by atoms with van der Waals surface area (Å²) in [6.07, 6.45) is 1.10. The van der Waals surface area contributed by atoms with Crippen LogP contribution in [0.3, 0.4) is 0 Å². The Bertz CT molecular complexity index is 479. The molecule has 72 valence electrons. The Hall–Kier alpha value is -1.93. The zero-order valence-corrected chi connectivity index (χ0v) is 7.02. The van der Waals surface area contributed by atoms with Crippen LogP contribution in [0.2, 0.25) is 0 Å². The summed E-state index contributed by atoms with van der Waals surface area (Å²) in [5, 5.41) is 17.4. The molecule has 0 spiro atoms. The van der Waals surface area contributed by atoms with Crippen molar-refractivity contribution in [2.75, 3.05) is 7.04 Å². The van der Waals surface area contributed by atoms with Crippen molar-refractivity contribution in [1.29, 1.82) is 5.26 Å². The van der Waals surface area contributed by atoms with Crippen LogP contribution in [0.1, 0.15) is 25.7 Å². The average Bonchev–Trinajstić information content (AvgIpc) is 2.24. The normalized spacial score (nSPS) is 13.5. The molecule has 0 fully saturated rings. The lowest BCUT2D eigenvalue weighted by molar-refractivity contribution is 0.0685. The quantitative estimate of drug-likeness (QED) is 0.771. The minimum atomic E-state index is -2.63. The monoisotopic (exact) mass is 195 g/mol. The van der Waals surface area contributed by atoms with Crippen LogP contribution in [0, 0.1) is 11.3 Å². The molecule has 1 N–H and O–H groups in total. The van der Waals surface area contributed by atoms with Crippen molar-refractivity contribution in [2.24, 2.45) is 0 Å². The van der Waals surface area contributed by atoms with Crippen molar-refractivity contribution >= 4 is 5.97 Å². The maximum absolute atomic E-state index is 10.8. The molecule has 0 unspecified atom stereocenters. The molecule has 0 radical (unpaired) electrons. The van der Waals surface area contributed by atoms with Gasteiger partial charge in [0, 0.05) is 18.8 Å². The molecule has 0 aromatic carbocycles. The zero-order valence-electron chi connectivity index (χ0n) is 10.0. The largest absolute Gasteiger partial charge is 0.477 e. The van der Waals surface area contributed by atoms with Crippen molar-refractivity contribution in [2.45, 2.75) is 6.61 Å². The number of aromatic nitrogens is 1. The number of aromatic carboxylic acids is 1. The number of hydrogen-bond donors (Lipinski definition) is 1. The van der Waals surface area contributed by atoms with Crippen LogP contribution in [-0.4, -0.2) is 23.1 Å². The van der Waals surface area contributed by atoms with Gasteiger partial charge in [-0.15, -0.1) is 0 Å². The van der Waals surface area contributed by atoms with Crippen molar-refractivity contribution in [3.05, 3.63) is 29.1 Å². The SMILES string of the molecule is [2H]C([2H])([2H])OCc1cc(C#N)cnc1C(=O)O. The van der Waals surface area contributed by atoms with Crippen LogP contribution >= 0.6 is 0 Å². The highest BCUT2D eigenvalue weighted by Gasteiger charge is 2.12. The predicted octanol–water partition coefficient (Wildman–Crippen LogP) is 0.798. The van der Waals surface area contributed by atoms with E-state index in [1.54, 1.807) is 6.07 Å². The van der Waals surface area contributed by atoms with Crippen LogP contribution in [0.4, 0.5) is 0 Å². The summed E-state index contributed by atoms with van der Waals surface area (Å²) in [5.41, 5.74) is -0.139. The van der Waals surface area contributed by atoms with E-state index in [4.69, 9.17) is 14.5 Å². The third-order valence-electron chi connectivity index (χ3n) is 1.53. The molecule has 1 aromatic rings. The van der Waals surface area contributed by atoms with Gasteiger partial charge in [-0.2, -0.15) is 5.26 Å². The highest BCUT2D eigenvalue weighted by molar-refractivity contribution is 5.87. The molecular formula is C9H8N2O3. The van der Waals surface area contributed by atoms with Gasteiger partial charge in [-0.05, 0) is 6.07 Å². The lowest BCUT2D eigenvalue weighted by atomic mass is 10.1. The lowest BCUT2D eigenvalue weighted by Gasteiger charge is -2.03. The number of nitrogens with zero attached hydrogens (tertiary/aromatic N) is 2. The van der Waals surface area contributed by atoms with Gasteiger partial charge in [-0.1, -0.05) is 0 Å². The second kappa shape index (κ2) is 4.35. The fraction of sp³-hybridized carbons (Fsp3) is 0.222. The Morgan fingerprint density at radius 3 is 3.29 bits per heavy atom. The fourth-order valence-corrected chi connectivity index (χ4v) is 0.952. The molecule has 0 saturated heterocycles. The van der Waals surface area contributed by atoms with E-state index in [2.05, 4.69) is 9.72 Å². The molecule has 0 bridgehead atoms. The van der Waals surface area contributed by atoms with E-state index in [9.17, 15) is 4.79 Å². The molecule has 5 heteroatoms. The Balaban J connectivity index is 3.02. The molecule has 0 aliphatic carbocycles. The molecule has 14 heavy (non-hydrogen) atoms. The Morgan fingerprint density at radius 1 is 1.93 bits per heavy atom. The Morgan fingerprint density at radius 2 is 2.71 bits per heavy atom. The molecule has 5 nitrogen and oxygen atoms in total. The summed E-state index contributed by atoms with van der Waals surface area (Å²) in [4.78, 5) is 14.4. The van der Waals surface area contributed by atoms with Gasteiger partial charge in [-0.25, -0.2) is 9.78 Å². The first kappa shape index (κ1) is 6.51. The maximum Gasteiger partial charge on any atom is 0.354 e. The van der Waals surface area contributed by atoms with E-state index in [1.807, 2.05) is 0 Å². The number of hydrogen-bond acceptors (Lipinski definition) is 4. The van der Waals surface area contributed by atoms with Crippen LogP contribution in [0.5, 0.6) is 0 Å². The van der Waals surface area contributed by atoms with Gasteiger partial charge in [-0.3, -0.25) is 0 Å². The molecule has 1 aromatic heterocycles. The minimum absolute atomic E-state index is 0.0488. The van der Waals surface area contributed by atoms with Crippen LogP contribution < -0.4 is 0 Å². The maximum atomic E-state index is 10.8. The zero-order chi connectivity index (χ0) is 13.1. The van der Waals surface area contributed by atoms with Crippen molar-refractivity contribution < 1.29 is 18.8 Å². The number of rotatable bonds is 3. The van der Waals surface area contributed by atoms with E-state index in [0.29, 0.717) is 0 Å². The van der Waals surface area contributed by atoms with Gasteiger partial charge >= 0.3 is 5.97 Å². The Kier molecular flexibility index (Phi) is 2.02. The standard InChI is InChI=1S/C9H8N2O3/c1-14-5-7-2-6(3-10)4-11-8(7)9(12)13/h2,4H,5H2,1H3,(H,12,13)/i1D3. The molecular weight excluding hydrogens is 184 g/mol. The number of nitriles is 1. The Labute approximate surface area is 84.8 Å². The predicted molar refractivity (Wildman–Crippen MR) is 46.6 cm³/mol. The second-order valence-corrected chi connectivity index (χ2v) is 2.44. The molecule has 0 amide bonds. The number of carbonyl (C=O) groups is 1. The van der Waals surface area contributed by atoms with E-state index in [-0.39, 0.29) is 16.8 Å². The van der Waals surface area contributed by atoms with Crippen molar-refractivity contribution in [1.82, 2.24) is 4.98 Å². The summed E-state index contributed by atoms with van der Waals surface area (Å²) in [5.74, 6) is -1.31. The second-order valence-electron chi connectivity index (χ2n) is 2.44. The van der Waals surface area contributed by atoms with Gasteiger partial charge in [0.05, 0.1) is 16.3 Å². The fourth-order valence-electron chi connectivity index (χ4n) is 0.952. The van der Waals surface area contributed by atoms with Gasteiger partial charge in [0.1, 0.15) is 6.07 Å². The van der Waals surface area contributed by atoms with Gasteiger partial charge in [0.15, 0.2) is 5.69 Å². The first-order valence-electron chi connectivity index (χ1n) is 5.10. The number of ether oxygens (including phenoxy) is 1. The molecule has 1 heterocycles. The summed E-state index contributed by atoms with van der Waals surface area (Å²) in [6.45, 7) is -0.444. The molecule has 0 aliphatic heterocycles. The number of pyridine rings is 1. The number of carboxylic acid groups (broad SMARTS) is 1. The first-order chi connectivity index (χ1) is 7.83.